The highest BCUT2D eigenvalue weighted by atomic mass is 19.1. The number of nitriles is 1. The summed E-state index contributed by atoms with van der Waals surface area (Å²) in [6, 6.07) is 5.49. The maximum Gasteiger partial charge on any atom is 0.318 e. The lowest BCUT2D eigenvalue weighted by Crippen LogP contribution is -2.45. The van der Waals surface area contributed by atoms with Gasteiger partial charge in [-0.25, -0.2) is 4.39 Å². The Morgan fingerprint density at radius 1 is 1.33 bits per heavy atom. The van der Waals surface area contributed by atoms with Gasteiger partial charge in [0.2, 0.25) is 5.91 Å². The first-order chi connectivity index (χ1) is 20.6. The second-order valence-electron chi connectivity index (χ2n) is 13.1. The summed E-state index contributed by atoms with van der Waals surface area (Å²) in [5.74, 6) is 0.132. The zero-order chi connectivity index (χ0) is 30.1. The van der Waals surface area contributed by atoms with Crippen molar-refractivity contribution in [3.05, 3.63) is 40.1 Å². The number of anilines is 2. The molecule has 4 aliphatic heterocycles. The summed E-state index contributed by atoms with van der Waals surface area (Å²) in [5.41, 5.74) is 14.9. The van der Waals surface area contributed by atoms with Crippen LogP contribution in [0.15, 0.2) is 12.1 Å². The Morgan fingerprint density at radius 3 is 2.95 bits per heavy atom. The molecule has 11 nitrogen and oxygen atoms in total. The molecular formula is C31H38FN7O4. The van der Waals surface area contributed by atoms with E-state index in [2.05, 4.69) is 17.9 Å². The van der Waals surface area contributed by atoms with Crippen molar-refractivity contribution in [2.24, 2.45) is 5.73 Å². The molecule has 1 amide bonds. The molecule has 1 aromatic carbocycles. The molecule has 2 aromatic rings. The van der Waals surface area contributed by atoms with Crippen LogP contribution in [0.2, 0.25) is 0 Å². The highest BCUT2D eigenvalue weighted by molar-refractivity contribution is 5.84. The number of fused-ring (bicyclic) bond motifs is 4. The van der Waals surface area contributed by atoms with Gasteiger partial charge in [-0.1, -0.05) is 13.0 Å². The summed E-state index contributed by atoms with van der Waals surface area (Å²) < 4.78 is 27.5. The Balaban J connectivity index is 1.31. The number of rotatable bonds is 5. The molecule has 5 heterocycles. The summed E-state index contributed by atoms with van der Waals surface area (Å²) in [7, 11) is 0. The molecule has 1 aromatic heterocycles. The minimum atomic E-state index is -0.890. The maximum absolute atomic E-state index is 14.5. The number of aliphatic hydroxyl groups excluding tert-OH is 1. The van der Waals surface area contributed by atoms with E-state index in [9.17, 15) is 19.6 Å². The number of hydrogen-bond acceptors (Lipinski definition) is 10. The summed E-state index contributed by atoms with van der Waals surface area (Å²) in [6.45, 7) is 3.97. The highest BCUT2D eigenvalue weighted by Gasteiger charge is 2.50. The van der Waals surface area contributed by atoms with Crippen LogP contribution in [0, 0.1) is 11.3 Å². The number of aromatic nitrogens is 2. The van der Waals surface area contributed by atoms with Crippen LogP contribution in [0.1, 0.15) is 79.3 Å². The van der Waals surface area contributed by atoms with E-state index in [0.717, 1.165) is 36.9 Å². The maximum atomic E-state index is 14.5. The molecule has 6 atom stereocenters. The minimum absolute atomic E-state index is 0.136. The van der Waals surface area contributed by atoms with Crippen LogP contribution in [0.4, 0.5) is 15.9 Å². The normalized spacial score (nSPS) is 33.2. The summed E-state index contributed by atoms with van der Waals surface area (Å²) in [5, 5.41) is 20.6. The lowest BCUT2D eigenvalue weighted by atomic mass is 9.69. The molecule has 6 unspecified atom stereocenters. The van der Waals surface area contributed by atoms with E-state index < -0.39 is 29.8 Å². The monoisotopic (exact) mass is 591 g/mol. The van der Waals surface area contributed by atoms with Crippen LogP contribution in [0.5, 0.6) is 6.01 Å². The number of primary amides is 1. The molecular weight excluding hydrogens is 553 g/mol. The van der Waals surface area contributed by atoms with Gasteiger partial charge in [0.25, 0.3) is 0 Å². The van der Waals surface area contributed by atoms with E-state index in [4.69, 9.17) is 30.9 Å². The third-order valence-corrected chi connectivity index (χ3v) is 10.5. The number of alkyl halides is 1. The topological polar surface area (TPSA) is 164 Å². The highest BCUT2D eigenvalue weighted by Crippen LogP contribution is 2.51. The van der Waals surface area contributed by atoms with Gasteiger partial charge in [-0.15, -0.1) is 0 Å². The van der Waals surface area contributed by atoms with Gasteiger partial charge >= 0.3 is 6.01 Å². The smallest absolute Gasteiger partial charge is 0.318 e. The van der Waals surface area contributed by atoms with E-state index >= 15 is 0 Å². The zero-order valence-electron chi connectivity index (χ0n) is 24.4. The van der Waals surface area contributed by atoms with Gasteiger partial charge in [0.15, 0.2) is 0 Å². The van der Waals surface area contributed by atoms with Gasteiger partial charge in [0, 0.05) is 49.2 Å². The SMILES string of the molecule is CC1CCC2(Cc3nc(OCC45CCCN4CC(F)C5)nc(N4CC(O)CC4C(N)=O)c3CO2)c2c1ccc(N)c2C#N. The van der Waals surface area contributed by atoms with Gasteiger partial charge < -0.3 is 30.9 Å². The van der Waals surface area contributed by atoms with Crippen molar-refractivity contribution in [3.63, 3.8) is 0 Å². The average molecular weight is 592 g/mol. The standard InChI is InChI=1S/C31H38FN7O4/c1-17-5-7-31(26-20(17)3-4-23(34)21(26)12-33)11-24-22(15-43-31)28(39-14-19(40)9-25(39)27(35)41)37-29(36-24)42-16-30-6-2-8-38(30)13-18(32)10-30/h3-4,17-19,25,40H,2,5-11,13-16,34H2,1H3,(H2,35,41). The molecule has 3 saturated heterocycles. The lowest BCUT2D eigenvalue weighted by Gasteiger charge is -2.45. The number of nitrogens with two attached hydrogens (primary N) is 2. The summed E-state index contributed by atoms with van der Waals surface area (Å²) >= 11 is 0. The van der Waals surface area contributed by atoms with Crippen LogP contribution in [0.3, 0.4) is 0 Å². The molecule has 228 valence electrons. The third-order valence-electron chi connectivity index (χ3n) is 10.5. The minimum Gasteiger partial charge on any atom is -0.461 e. The predicted molar refractivity (Wildman–Crippen MR) is 155 cm³/mol. The quantitative estimate of drug-likeness (QED) is 0.439. The van der Waals surface area contributed by atoms with Crippen molar-refractivity contribution in [2.75, 3.05) is 36.9 Å². The van der Waals surface area contributed by atoms with Gasteiger partial charge in [0.05, 0.1) is 29.5 Å². The molecule has 12 heteroatoms. The Labute approximate surface area is 250 Å². The van der Waals surface area contributed by atoms with E-state index in [0.29, 0.717) is 54.1 Å². The van der Waals surface area contributed by atoms with Crippen molar-refractivity contribution >= 4 is 17.4 Å². The number of hydrogen-bond donors (Lipinski definition) is 3. The van der Waals surface area contributed by atoms with Gasteiger partial charge in [-0.05, 0) is 49.8 Å². The Bertz CT molecular complexity index is 1520. The van der Waals surface area contributed by atoms with Crippen LogP contribution >= 0.6 is 0 Å². The Hall–Kier alpha value is -3.53. The first kappa shape index (κ1) is 28.3. The fraction of sp³-hybridized carbons (Fsp3) is 0.613. The van der Waals surface area contributed by atoms with Crippen molar-refractivity contribution in [1.29, 1.82) is 5.26 Å². The summed E-state index contributed by atoms with van der Waals surface area (Å²) in [4.78, 5) is 26.0. The number of halogens is 1. The number of carbonyl (C=O) groups excluding carboxylic acids is 1. The first-order valence-corrected chi connectivity index (χ1v) is 15.3. The van der Waals surface area contributed by atoms with Gasteiger partial charge in [0.1, 0.15) is 36.3 Å². The average Bonchev–Trinajstić information content (AvgIpc) is 3.65. The van der Waals surface area contributed by atoms with Crippen LogP contribution in [-0.4, -0.2) is 76.0 Å². The zero-order valence-corrected chi connectivity index (χ0v) is 24.4. The molecule has 5 N–H and O–H groups in total. The van der Waals surface area contributed by atoms with Gasteiger partial charge in [-0.3, -0.25) is 9.69 Å². The number of carbonyl (C=O) groups is 1. The fourth-order valence-electron chi connectivity index (χ4n) is 8.30. The number of nitrogens with zero attached hydrogens (tertiary/aromatic N) is 5. The molecule has 3 fully saturated rings. The molecule has 0 bridgehead atoms. The van der Waals surface area contributed by atoms with Crippen LogP contribution < -0.4 is 21.1 Å². The second kappa shape index (κ2) is 10.3. The number of β-amino-alcohol motifs (C(OH)–C–C–N with tert-alkyl or cyclic N) is 1. The summed E-state index contributed by atoms with van der Waals surface area (Å²) in [6.07, 6.45) is 2.70. The van der Waals surface area contributed by atoms with E-state index in [1.54, 1.807) is 11.0 Å². The molecule has 0 saturated carbocycles. The second-order valence-corrected chi connectivity index (χ2v) is 13.1. The van der Waals surface area contributed by atoms with Crippen LogP contribution in [-0.2, 0) is 28.2 Å². The van der Waals surface area contributed by atoms with Crippen molar-refractivity contribution in [2.45, 2.75) is 93.9 Å². The molecule has 7 rings (SSSR count). The number of aliphatic hydroxyl groups is 1. The molecule has 5 aliphatic rings. The molecule has 1 spiro atoms. The molecule has 1 aliphatic carbocycles. The van der Waals surface area contributed by atoms with Crippen molar-refractivity contribution in [3.8, 4) is 12.1 Å². The van der Waals surface area contributed by atoms with E-state index in [-0.39, 0.29) is 43.6 Å². The number of benzene rings is 1. The largest absolute Gasteiger partial charge is 0.461 e. The Kier molecular flexibility index (Phi) is 6.76. The third kappa shape index (κ3) is 4.51. The van der Waals surface area contributed by atoms with E-state index in [1.807, 2.05) is 6.07 Å². The lowest BCUT2D eigenvalue weighted by molar-refractivity contribution is -0.119. The number of nitrogen functional groups attached to an aromatic ring is 1. The van der Waals surface area contributed by atoms with Crippen molar-refractivity contribution < 1.29 is 23.8 Å². The predicted octanol–water partition coefficient (Wildman–Crippen LogP) is 2.18. The number of amides is 1. The molecule has 0 radical (unpaired) electrons. The van der Waals surface area contributed by atoms with Crippen molar-refractivity contribution in [1.82, 2.24) is 14.9 Å². The van der Waals surface area contributed by atoms with Gasteiger partial charge in [-0.2, -0.15) is 15.2 Å². The molecule has 43 heavy (non-hydrogen) atoms. The fourth-order valence-corrected chi connectivity index (χ4v) is 8.30. The Morgan fingerprint density at radius 2 is 2.16 bits per heavy atom. The van der Waals surface area contributed by atoms with Crippen LogP contribution in [0.25, 0.3) is 0 Å². The first-order valence-electron chi connectivity index (χ1n) is 15.3. The van der Waals surface area contributed by atoms with E-state index in [1.165, 1.54) is 0 Å². The number of ether oxygens (including phenoxy) is 2.